The summed E-state index contributed by atoms with van der Waals surface area (Å²) >= 11 is 0. The second kappa shape index (κ2) is 4.19. The zero-order chi connectivity index (χ0) is 14.3. The first-order valence-corrected chi connectivity index (χ1v) is 5.24. The highest BCUT2D eigenvalue weighted by Crippen LogP contribution is 2.16. The van der Waals surface area contributed by atoms with Gasteiger partial charge in [0.05, 0.1) is 0 Å². The fourth-order valence-electron chi connectivity index (χ4n) is 1.61. The predicted octanol–water partition coefficient (Wildman–Crippen LogP) is -0.991. The van der Waals surface area contributed by atoms with Gasteiger partial charge in [-0.05, 0) is 0 Å². The van der Waals surface area contributed by atoms with Gasteiger partial charge >= 0.3 is 17.7 Å². The first kappa shape index (κ1) is 12.7. The number of nitrogens with zero attached hydrogens (tertiary/aromatic N) is 3. The van der Waals surface area contributed by atoms with Crippen molar-refractivity contribution in [3.05, 3.63) is 20.8 Å². The van der Waals surface area contributed by atoms with E-state index >= 15 is 0 Å². The summed E-state index contributed by atoms with van der Waals surface area (Å²) in [5.74, 6) is -1.26. The third kappa shape index (κ3) is 1.94. The van der Waals surface area contributed by atoms with E-state index in [1.807, 2.05) is 0 Å². The molecule has 0 atom stereocenters. The van der Waals surface area contributed by atoms with Crippen LogP contribution < -0.4 is 16.0 Å². The van der Waals surface area contributed by atoms with E-state index < -0.39 is 23.1 Å². The van der Waals surface area contributed by atoms with Gasteiger partial charge in [0, 0.05) is 20.9 Å². The van der Waals surface area contributed by atoms with Crippen LogP contribution in [0, 0.1) is 0 Å². The van der Waals surface area contributed by atoms with E-state index in [1.54, 1.807) is 0 Å². The molecule has 2 heterocycles. The van der Waals surface area contributed by atoms with Crippen molar-refractivity contribution < 1.29 is 14.3 Å². The van der Waals surface area contributed by atoms with Gasteiger partial charge in [0.1, 0.15) is 0 Å². The molecule has 0 aliphatic rings. The summed E-state index contributed by atoms with van der Waals surface area (Å²) in [6.45, 7) is 2.31. The lowest BCUT2D eigenvalue weighted by Crippen LogP contribution is -2.33. The van der Waals surface area contributed by atoms with E-state index in [-0.39, 0.29) is 17.2 Å². The van der Waals surface area contributed by atoms with Crippen LogP contribution >= 0.6 is 0 Å². The molecule has 2 aromatic heterocycles. The number of hydrogen-bond acceptors (Lipinski definition) is 6. The molecule has 1 N–H and O–H groups in total. The van der Waals surface area contributed by atoms with Gasteiger partial charge in [-0.1, -0.05) is 0 Å². The number of H-pyrrole nitrogens is 1. The number of aromatic nitrogens is 4. The molecule has 9 heteroatoms. The largest absolute Gasteiger partial charge is 0.392 e. The number of imidazole rings is 1. The lowest BCUT2D eigenvalue weighted by atomic mass is 10.5. The Kier molecular flexibility index (Phi) is 2.81. The van der Waals surface area contributed by atoms with Crippen LogP contribution in [0.4, 0.5) is 0 Å². The first-order chi connectivity index (χ1) is 8.82. The van der Waals surface area contributed by atoms with Gasteiger partial charge in [-0.2, -0.15) is 4.98 Å². The van der Waals surface area contributed by atoms with E-state index in [0.29, 0.717) is 0 Å². The fraction of sp³-hybridized carbons (Fsp3) is 0.300. The molecule has 0 spiro atoms. The minimum absolute atomic E-state index is 0.112. The number of carbonyl (C=O) groups is 2. The summed E-state index contributed by atoms with van der Waals surface area (Å²) in [6, 6.07) is -0.353. The van der Waals surface area contributed by atoms with Gasteiger partial charge in [-0.15, -0.1) is 0 Å². The molecule has 100 valence electrons. The second-order valence-electron chi connectivity index (χ2n) is 3.83. The Bertz CT molecular complexity index is 810. The number of rotatable bonds is 1. The number of carbonyl (C=O) groups excluding carboxylic acids is 2. The molecular formula is C10H10N4O5. The van der Waals surface area contributed by atoms with Crippen LogP contribution in [0.25, 0.3) is 11.2 Å². The lowest BCUT2D eigenvalue weighted by molar-refractivity contribution is -0.132. The highest BCUT2D eigenvalue weighted by Gasteiger charge is 2.21. The first-order valence-electron chi connectivity index (χ1n) is 5.24. The zero-order valence-electron chi connectivity index (χ0n) is 10.4. The molecule has 0 fully saturated rings. The fourth-order valence-corrected chi connectivity index (χ4v) is 1.61. The van der Waals surface area contributed by atoms with Crippen molar-refractivity contribution in [2.75, 3.05) is 0 Å². The van der Waals surface area contributed by atoms with Crippen molar-refractivity contribution in [1.82, 2.24) is 19.1 Å². The predicted molar refractivity (Wildman–Crippen MR) is 63.2 cm³/mol. The average Bonchev–Trinajstić information content (AvgIpc) is 2.63. The molecule has 0 amide bonds. The molecule has 0 saturated carbocycles. The van der Waals surface area contributed by atoms with E-state index in [9.17, 15) is 19.2 Å². The van der Waals surface area contributed by atoms with Gasteiger partial charge in [-0.3, -0.25) is 23.9 Å². The Hall–Kier alpha value is -2.71. The van der Waals surface area contributed by atoms with Gasteiger partial charge in [0.2, 0.25) is 5.91 Å². The molecule has 2 aromatic rings. The standard InChI is InChI=1S/C10H10N4O5/c1-4(15)14-6-7(12-10(14)19-5(2)16)11-9(18)13(3)8(6)17/h1-3H3,(H,11,18). The Morgan fingerprint density at radius 2 is 1.89 bits per heavy atom. The van der Waals surface area contributed by atoms with E-state index in [0.717, 1.165) is 16.1 Å². The monoisotopic (exact) mass is 266 g/mol. The number of hydrogen-bond donors (Lipinski definition) is 1. The minimum atomic E-state index is -0.708. The third-order valence-corrected chi connectivity index (χ3v) is 2.43. The maximum absolute atomic E-state index is 12.0. The lowest BCUT2D eigenvalue weighted by Gasteiger charge is -2.02. The molecule has 0 bridgehead atoms. The minimum Gasteiger partial charge on any atom is -0.392 e. The maximum Gasteiger partial charge on any atom is 0.329 e. The summed E-state index contributed by atoms with van der Waals surface area (Å²) < 4.78 is 6.38. The van der Waals surface area contributed by atoms with Gasteiger partial charge < -0.3 is 4.74 Å². The number of ether oxygens (including phenoxy) is 1. The van der Waals surface area contributed by atoms with E-state index in [2.05, 4.69) is 9.97 Å². The van der Waals surface area contributed by atoms with Crippen molar-refractivity contribution in [3.63, 3.8) is 0 Å². The van der Waals surface area contributed by atoms with Crippen LogP contribution in [0.3, 0.4) is 0 Å². The average molecular weight is 266 g/mol. The molecule has 0 aromatic carbocycles. The van der Waals surface area contributed by atoms with Crippen molar-refractivity contribution in [2.24, 2.45) is 7.05 Å². The molecule has 0 aliphatic heterocycles. The number of esters is 1. The highest BCUT2D eigenvalue weighted by atomic mass is 16.5. The van der Waals surface area contributed by atoms with Gasteiger partial charge in [0.15, 0.2) is 11.2 Å². The maximum atomic E-state index is 12.0. The SMILES string of the molecule is CC(=O)Oc1nc2[nH]c(=O)n(C)c(=O)c2n1C(C)=O. The van der Waals surface area contributed by atoms with Crippen LogP contribution in [-0.4, -0.2) is 31.0 Å². The Morgan fingerprint density at radius 3 is 2.42 bits per heavy atom. The number of aromatic amines is 1. The van der Waals surface area contributed by atoms with Crippen LogP contribution in [0.5, 0.6) is 6.01 Å². The summed E-state index contributed by atoms with van der Waals surface area (Å²) in [7, 11) is 1.25. The van der Waals surface area contributed by atoms with E-state index in [1.165, 1.54) is 14.0 Å². The smallest absolute Gasteiger partial charge is 0.329 e. The van der Waals surface area contributed by atoms with Crippen molar-refractivity contribution >= 4 is 23.0 Å². The van der Waals surface area contributed by atoms with Crippen molar-refractivity contribution in [1.29, 1.82) is 0 Å². The number of nitrogens with one attached hydrogen (secondary N) is 1. The third-order valence-electron chi connectivity index (χ3n) is 2.43. The Morgan fingerprint density at radius 1 is 1.26 bits per heavy atom. The van der Waals surface area contributed by atoms with Crippen LogP contribution in [0.1, 0.15) is 18.6 Å². The van der Waals surface area contributed by atoms with Crippen LogP contribution in [0.15, 0.2) is 9.59 Å². The Balaban J connectivity index is 2.94. The second-order valence-corrected chi connectivity index (χ2v) is 3.83. The molecule has 0 unspecified atom stereocenters. The summed E-state index contributed by atoms with van der Waals surface area (Å²) in [4.78, 5) is 52.0. The van der Waals surface area contributed by atoms with Crippen molar-refractivity contribution in [3.8, 4) is 6.01 Å². The number of fused-ring (bicyclic) bond motifs is 1. The van der Waals surface area contributed by atoms with Gasteiger partial charge in [0.25, 0.3) is 5.56 Å². The molecular weight excluding hydrogens is 256 g/mol. The van der Waals surface area contributed by atoms with Crippen LogP contribution in [0.2, 0.25) is 0 Å². The normalized spacial score (nSPS) is 10.7. The van der Waals surface area contributed by atoms with E-state index in [4.69, 9.17) is 4.74 Å². The summed E-state index contributed by atoms with van der Waals surface area (Å²) in [5, 5.41) is 0. The molecule has 0 saturated heterocycles. The zero-order valence-corrected chi connectivity index (χ0v) is 10.4. The quantitative estimate of drug-likeness (QED) is 0.662. The molecule has 0 aliphatic carbocycles. The topological polar surface area (TPSA) is 116 Å². The molecule has 19 heavy (non-hydrogen) atoms. The summed E-state index contributed by atoms with van der Waals surface area (Å²) in [5.41, 5.74) is -1.65. The molecule has 9 nitrogen and oxygen atoms in total. The van der Waals surface area contributed by atoms with Gasteiger partial charge in [-0.25, -0.2) is 9.36 Å². The Labute approximate surface area is 105 Å². The summed E-state index contributed by atoms with van der Waals surface area (Å²) in [6.07, 6.45) is 0. The molecule has 2 rings (SSSR count). The van der Waals surface area contributed by atoms with Crippen LogP contribution in [-0.2, 0) is 11.8 Å². The highest BCUT2D eigenvalue weighted by molar-refractivity contribution is 5.89. The molecule has 0 radical (unpaired) electrons. The van der Waals surface area contributed by atoms with Crippen molar-refractivity contribution in [2.45, 2.75) is 13.8 Å².